The van der Waals surface area contributed by atoms with Crippen LogP contribution in [0.15, 0.2) is 78.9 Å². The summed E-state index contributed by atoms with van der Waals surface area (Å²) in [7, 11) is 3.14. The summed E-state index contributed by atoms with van der Waals surface area (Å²) in [5, 5.41) is 6.02. The van der Waals surface area contributed by atoms with Crippen molar-refractivity contribution in [2.24, 2.45) is 0 Å². The molecule has 0 aromatic heterocycles. The predicted octanol–water partition coefficient (Wildman–Crippen LogP) is 3.84. The third-order valence-corrected chi connectivity index (χ3v) is 8.23. The van der Waals surface area contributed by atoms with E-state index < -0.39 is 12.1 Å². The summed E-state index contributed by atoms with van der Waals surface area (Å²) in [5.41, 5.74) is 3.73. The first-order valence-electron chi connectivity index (χ1n) is 15.3. The van der Waals surface area contributed by atoms with Crippen LogP contribution in [0.25, 0.3) is 11.1 Å². The average molecular weight is 603 g/mol. The molecule has 4 rings (SSSR count). The summed E-state index contributed by atoms with van der Waals surface area (Å²) in [6.07, 6.45) is 2.55. The molecule has 44 heavy (non-hydrogen) atoms. The second-order valence-electron chi connectivity index (χ2n) is 11.2. The highest BCUT2D eigenvalue weighted by molar-refractivity contribution is 5.92. The second kappa shape index (κ2) is 16.1. The average Bonchev–Trinajstić information content (AvgIpc) is 3.58. The molecule has 0 spiro atoms. The van der Waals surface area contributed by atoms with E-state index in [1.54, 1.807) is 19.2 Å². The second-order valence-corrected chi connectivity index (χ2v) is 11.2. The summed E-state index contributed by atoms with van der Waals surface area (Å²) in [5.74, 6) is -1.37. The van der Waals surface area contributed by atoms with Crippen molar-refractivity contribution < 1.29 is 23.5 Å². The standard InChI is InChI=1S/C35H43FN4O4/c1-4-40(31(34(42)37-2)21-26-14-18-29(36)19-15-26)35(43)32(39(3)33(41)24-44-23-30-11-8-20-38-30)22-25-12-16-28(17-13-25)27-9-6-5-7-10-27/h5-7,9-10,12-19,30-32,38H,4,8,11,20-24H2,1-3H3,(H,37,42)/t30-,31+,32+/m0/s1. The van der Waals surface area contributed by atoms with E-state index >= 15 is 0 Å². The van der Waals surface area contributed by atoms with Crippen molar-refractivity contribution in [2.75, 3.05) is 40.4 Å². The highest BCUT2D eigenvalue weighted by Gasteiger charge is 2.36. The SMILES string of the molecule is CCN(C(=O)[C@@H](Cc1ccc(-c2ccccc2)cc1)N(C)C(=O)COC[C@@H]1CCCN1)[C@H](Cc1ccc(F)cc1)C(=O)NC. The van der Waals surface area contributed by atoms with Crippen LogP contribution in [0.4, 0.5) is 4.39 Å². The summed E-state index contributed by atoms with van der Waals surface area (Å²) in [4.78, 5) is 43.8. The first-order valence-corrected chi connectivity index (χ1v) is 15.3. The van der Waals surface area contributed by atoms with Gasteiger partial charge in [-0.25, -0.2) is 4.39 Å². The van der Waals surface area contributed by atoms with Crippen LogP contribution < -0.4 is 10.6 Å². The Labute approximate surface area is 259 Å². The maximum Gasteiger partial charge on any atom is 0.249 e. The summed E-state index contributed by atoms with van der Waals surface area (Å²) < 4.78 is 19.3. The lowest BCUT2D eigenvalue weighted by Crippen LogP contribution is -2.57. The first-order chi connectivity index (χ1) is 21.3. The number of nitrogens with one attached hydrogen (secondary N) is 2. The quantitative estimate of drug-likeness (QED) is 0.293. The molecule has 0 bridgehead atoms. The van der Waals surface area contributed by atoms with Gasteiger partial charge in [-0.3, -0.25) is 14.4 Å². The molecule has 3 aromatic rings. The van der Waals surface area contributed by atoms with Gasteiger partial charge in [0.15, 0.2) is 0 Å². The number of likely N-dealkylation sites (N-methyl/N-ethyl adjacent to an activating group) is 3. The van der Waals surface area contributed by atoms with Gasteiger partial charge in [0.2, 0.25) is 17.7 Å². The van der Waals surface area contributed by atoms with Crippen LogP contribution in [0, 0.1) is 5.82 Å². The lowest BCUT2D eigenvalue weighted by Gasteiger charge is -2.36. The number of halogens is 1. The van der Waals surface area contributed by atoms with Crippen molar-refractivity contribution in [1.29, 1.82) is 0 Å². The number of benzene rings is 3. The minimum absolute atomic E-state index is 0.147. The fraction of sp³-hybridized carbons (Fsp3) is 0.400. The Morgan fingerprint density at radius 1 is 0.932 bits per heavy atom. The van der Waals surface area contributed by atoms with Crippen molar-refractivity contribution in [3.8, 4) is 11.1 Å². The van der Waals surface area contributed by atoms with E-state index in [0.717, 1.165) is 41.6 Å². The predicted molar refractivity (Wildman–Crippen MR) is 169 cm³/mol. The highest BCUT2D eigenvalue weighted by Crippen LogP contribution is 2.22. The van der Waals surface area contributed by atoms with Crippen molar-refractivity contribution >= 4 is 17.7 Å². The third kappa shape index (κ3) is 8.74. The maximum atomic E-state index is 14.3. The molecule has 0 aliphatic carbocycles. The van der Waals surface area contributed by atoms with Gasteiger partial charge in [0, 0.05) is 39.5 Å². The minimum atomic E-state index is -0.876. The summed E-state index contributed by atoms with van der Waals surface area (Å²) in [6.45, 7) is 3.28. The monoisotopic (exact) mass is 602 g/mol. The Hall–Kier alpha value is -4.08. The molecule has 0 saturated carbocycles. The summed E-state index contributed by atoms with van der Waals surface area (Å²) in [6, 6.07) is 22.4. The van der Waals surface area contributed by atoms with E-state index in [0.29, 0.717) is 6.61 Å². The molecule has 3 atom stereocenters. The number of hydrogen-bond acceptors (Lipinski definition) is 5. The molecule has 1 aliphatic heterocycles. The Morgan fingerprint density at radius 3 is 2.14 bits per heavy atom. The number of rotatable bonds is 14. The fourth-order valence-electron chi connectivity index (χ4n) is 5.62. The van der Waals surface area contributed by atoms with Crippen molar-refractivity contribution in [2.45, 2.75) is 50.7 Å². The number of carbonyl (C=O) groups excluding carboxylic acids is 3. The Morgan fingerprint density at radius 2 is 1.55 bits per heavy atom. The van der Waals surface area contributed by atoms with Gasteiger partial charge in [-0.05, 0) is 60.7 Å². The number of carbonyl (C=O) groups is 3. The van der Waals surface area contributed by atoms with Crippen LogP contribution in [0.2, 0.25) is 0 Å². The first kappa shape index (κ1) is 32.8. The van der Waals surface area contributed by atoms with Crippen molar-refractivity contribution in [3.05, 3.63) is 95.8 Å². The van der Waals surface area contributed by atoms with E-state index in [-0.39, 0.29) is 55.6 Å². The summed E-state index contributed by atoms with van der Waals surface area (Å²) >= 11 is 0. The third-order valence-electron chi connectivity index (χ3n) is 8.23. The van der Waals surface area contributed by atoms with Gasteiger partial charge >= 0.3 is 0 Å². The molecular formula is C35H43FN4O4. The van der Waals surface area contributed by atoms with Gasteiger partial charge in [-0.15, -0.1) is 0 Å². The minimum Gasteiger partial charge on any atom is -0.370 e. The van der Waals surface area contributed by atoms with Gasteiger partial charge in [-0.2, -0.15) is 0 Å². The number of nitrogens with zero attached hydrogens (tertiary/aromatic N) is 2. The molecule has 1 fully saturated rings. The number of ether oxygens (including phenoxy) is 1. The van der Waals surface area contributed by atoms with Gasteiger partial charge in [-0.1, -0.05) is 66.7 Å². The van der Waals surface area contributed by atoms with Crippen LogP contribution in [0.3, 0.4) is 0 Å². The van der Waals surface area contributed by atoms with E-state index in [1.807, 2.05) is 61.5 Å². The smallest absolute Gasteiger partial charge is 0.249 e. The van der Waals surface area contributed by atoms with Gasteiger partial charge in [0.05, 0.1) is 6.61 Å². The Balaban J connectivity index is 1.58. The number of amides is 3. The maximum absolute atomic E-state index is 14.3. The number of hydrogen-bond donors (Lipinski definition) is 2. The topological polar surface area (TPSA) is 91.0 Å². The van der Waals surface area contributed by atoms with E-state index in [1.165, 1.54) is 29.0 Å². The molecule has 3 amide bonds. The zero-order valence-electron chi connectivity index (χ0n) is 25.8. The Bertz CT molecular complexity index is 1360. The lowest BCUT2D eigenvalue weighted by atomic mass is 9.98. The van der Waals surface area contributed by atoms with E-state index in [4.69, 9.17) is 4.74 Å². The molecule has 0 radical (unpaired) electrons. The Kier molecular flexibility index (Phi) is 12.0. The lowest BCUT2D eigenvalue weighted by molar-refractivity contribution is -0.150. The molecular weight excluding hydrogens is 559 g/mol. The zero-order valence-corrected chi connectivity index (χ0v) is 25.8. The van der Waals surface area contributed by atoms with E-state index in [9.17, 15) is 18.8 Å². The van der Waals surface area contributed by atoms with Crippen LogP contribution in [0.5, 0.6) is 0 Å². The molecule has 234 valence electrons. The molecule has 2 N–H and O–H groups in total. The van der Waals surface area contributed by atoms with Gasteiger partial charge < -0.3 is 25.2 Å². The van der Waals surface area contributed by atoms with E-state index in [2.05, 4.69) is 10.6 Å². The molecule has 1 heterocycles. The molecule has 0 unspecified atom stereocenters. The van der Waals surface area contributed by atoms with Crippen LogP contribution in [0.1, 0.15) is 30.9 Å². The molecule has 3 aromatic carbocycles. The normalized spacial score (nSPS) is 15.8. The van der Waals surface area contributed by atoms with Crippen LogP contribution in [-0.2, 0) is 32.0 Å². The van der Waals surface area contributed by atoms with Gasteiger partial charge in [0.25, 0.3) is 0 Å². The van der Waals surface area contributed by atoms with Crippen molar-refractivity contribution in [1.82, 2.24) is 20.4 Å². The molecule has 1 aliphatic rings. The van der Waals surface area contributed by atoms with Gasteiger partial charge in [0.1, 0.15) is 24.5 Å². The van der Waals surface area contributed by atoms with Crippen LogP contribution >= 0.6 is 0 Å². The largest absolute Gasteiger partial charge is 0.370 e. The molecule has 8 nitrogen and oxygen atoms in total. The zero-order chi connectivity index (χ0) is 31.5. The highest BCUT2D eigenvalue weighted by atomic mass is 19.1. The van der Waals surface area contributed by atoms with Crippen LogP contribution in [-0.4, -0.2) is 86.0 Å². The fourth-order valence-corrected chi connectivity index (χ4v) is 5.62. The van der Waals surface area contributed by atoms with Crippen molar-refractivity contribution in [3.63, 3.8) is 0 Å². The molecule has 9 heteroatoms. The molecule has 1 saturated heterocycles.